The lowest BCUT2D eigenvalue weighted by molar-refractivity contribution is 0.311. The van der Waals surface area contributed by atoms with Crippen LogP contribution in [-0.4, -0.2) is 39.4 Å². The Morgan fingerprint density at radius 1 is 1.26 bits per heavy atom. The molecule has 1 aliphatic rings. The van der Waals surface area contributed by atoms with Gasteiger partial charge >= 0.3 is 0 Å². The van der Waals surface area contributed by atoms with E-state index in [1.165, 1.54) is 4.31 Å². The van der Waals surface area contributed by atoms with Gasteiger partial charge in [0.2, 0.25) is 10.0 Å². The number of rotatable bonds is 4. The third kappa shape index (κ3) is 3.35. The van der Waals surface area contributed by atoms with Gasteiger partial charge in [-0.3, -0.25) is 0 Å². The number of hydrogen-bond donors (Lipinski definition) is 1. The summed E-state index contributed by atoms with van der Waals surface area (Å²) in [5.41, 5.74) is 0.805. The largest absolute Gasteiger partial charge is 0.317 e. The monoisotopic (exact) mass is 282 g/mol. The standard InChI is InChI=1S/C14H22N2O2S/c1-12-5-3-4-6-14(12)19(17,18)16(2)11-13-7-9-15-10-8-13/h3-6,13,15H,7-11H2,1-2H3. The van der Waals surface area contributed by atoms with Gasteiger partial charge in [0.1, 0.15) is 0 Å². The van der Waals surface area contributed by atoms with E-state index in [0.717, 1.165) is 31.5 Å². The molecule has 5 heteroatoms. The summed E-state index contributed by atoms with van der Waals surface area (Å²) in [5.74, 6) is 0.463. The summed E-state index contributed by atoms with van der Waals surface area (Å²) >= 11 is 0. The lowest BCUT2D eigenvalue weighted by Gasteiger charge is -2.27. The summed E-state index contributed by atoms with van der Waals surface area (Å²) in [6.45, 7) is 4.43. The summed E-state index contributed by atoms with van der Waals surface area (Å²) < 4.78 is 26.6. The predicted molar refractivity (Wildman–Crippen MR) is 76.6 cm³/mol. The molecule has 0 amide bonds. The van der Waals surface area contributed by atoms with E-state index in [4.69, 9.17) is 0 Å². The predicted octanol–water partition coefficient (Wildman–Crippen LogP) is 1.62. The number of aryl methyl sites for hydroxylation is 1. The Morgan fingerprint density at radius 3 is 2.53 bits per heavy atom. The molecule has 19 heavy (non-hydrogen) atoms. The molecule has 1 heterocycles. The average Bonchev–Trinajstić information content (AvgIpc) is 2.40. The maximum absolute atomic E-state index is 12.5. The van der Waals surface area contributed by atoms with Gasteiger partial charge in [0.05, 0.1) is 4.90 Å². The first-order valence-corrected chi connectivity index (χ1v) is 8.18. The molecule has 0 radical (unpaired) electrons. The molecule has 1 saturated heterocycles. The highest BCUT2D eigenvalue weighted by atomic mass is 32.2. The molecule has 1 N–H and O–H groups in total. The molecule has 0 aromatic heterocycles. The third-order valence-electron chi connectivity index (χ3n) is 3.76. The van der Waals surface area contributed by atoms with E-state index in [2.05, 4.69) is 5.32 Å². The van der Waals surface area contributed by atoms with Crippen LogP contribution in [0.1, 0.15) is 18.4 Å². The molecule has 0 unspecified atom stereocenters. The lowest BCUT2D eigenvalue weighted by Crippen LogP contribution is -2.37. The molecule has 4 nitrogen and oxygen atoms in total. The molecular formula is C14H22N2O2S. The number of benzene rings is 1. The summed E-state index contributed by atoms with van der Waals surface area (Å²) in [6, 6.07) is 7.16. The highest BCUT2D eigenvalue weighted by Gasteiger charge is 2.25. The number of piperidine rings is 1. The Labute approximate surface area is 115 Å². The van der Waals surface area contributed by atoms with Crippen molar-refractivity contribution in [3.05, 3.63) is 29.8 Å². The minimum Gasteiger partial charge on any atom is -0.317 e. The van der Waals surface area contributed by atoms with E-state index in [0.29, 0.717) is 17.4 Å². The van der Waals surface area contributed by atoms with Crippen LogP contribution in [0.15, 0.2) is 29.2 Å². The quantitative estimate of drug-likeness (QED) is 0.913. The Morgan fingerprint density at radius 2 is 1.89 bits per heavy atom. The van der Waals surface area contributed by atoms with Crippen molar-refractivity contribution in [2.24, 2.45) is 5.92 Å². The van der Waals surface area contributed by atoms with Crippen LogP contribution in [0.2, 0.25) is 0 Å². The second kappa shape index (κ2) is 6.03. The molecule has 106 valence electrons. The van der Waals surface area contributed by atoms with Crippen LogP contribution >= 0.6 is 0 Å². The topological polar surface area (TPSA) is 49.4 Å². The van der Waals surface area contributed by atoms with Crippen LogP contribution in [0.25, 0.3) is 0 Å². The average molecular weight is 282 g/mol. The summed E-state index contributed by atoms with van der Waals surface area (Å²) in [5, 5.41) is 3.30. The molecular weight excluding hydrogens is 260 g/mol. The Balaban J connectivity index is 2.13. The highest BCUT2D eigenvalue weighted by Crippen LogP contribution is 2.21. The van der Waals surface area contributed by atoms with Crippen LogP contribution in [0.4, 0.5) is 0 Å². The van der Waals surface area contributed by atoms with Crippen molar-refractivity contribution in [3.63, 3.8) is 0 Å². The second-order valence-electron chi connectivity index (χ2n) is 5.24. The van der Waals surface area contributed by atoms with Gasteiger partial charge in [-0.25, -0.2) is 12.7 Å². The number of nitrogens with one attached hydrogen (secondary N) is 1. The van der Waals surface area contributed by atoms with Crippen LogP contribution < -0.4 is 5.32 Å². The van der Waals surface area contributed by atoms with E-state index in [1.807, 2.05) is 19.1 Å². The van der Waals surface area contributed by atoms with Gasteiger partial charge < -0.3 is 5.32 Å². The fourth-order valence-electron chi connectivity index (χ4n) is 2.54. The van der Waals surface area contributed by atoms with Gasteiger partial charge in [-0.1, -0.05) is 18.2 Å². The third-order valence-corrected chi connectivity index (χ3v) is 5.74. The van der Waals surface area contributed by atoms with Gasteiger partial charge in [-0.2, -0.15) is 0 Å². The van der Waals surface area contributed by atoms with E-state index in [9.17, 15) is 8.42 Å². The lowest BCUT2D eigenvalue weighted by atomic mass is 9.98. The van der Waals surface area contributed by atoms with E-state index < -0.39 is 10.0 Å². The molecule has 0 spiro atoms. The Hall–Kier alpha value is -0.910. The maximum atomic E-state index is 12.5. The van der Waals surface area contributed by atoms with Gasteiger partial charge in [-0.15, -0.1) is 0 Å². The van der Waals surface area contributed by atoms with E-state index >= 15 is 0 Å². The van der Waals surface area contributed by atoms with Gasteiger partial charge in [0, 0.05) is 13.6 Å². The summed E-state index contributed by atoms with van der Waals surface area (Å²) in [6.07, 6.45) is 2.10. The van der Waals surface area contributed by atoms with Crippen LogP contribution in [0, 0.1) is 12.8 Å². The fraction of sp³-hybridized carbons (Fsp3) is 0.571. The van der Waals surface area contributed by atoms with Gasteiger partial charge in [0.25, 0.3) is 0 Å². The molecule has 0 aliphatic carbocycles. The van der Waals surface area contributed by atoms with Crippen LogP contribution in [-0.2, 0) is 10.0 Å². The van der Waals surface area contributed by atoms with Gasteiger partial charge in [-0.05, 0) is 50.4 Å². The number of sulfonamides is 1. The van der Waals surface area contributed by atoms with Crippen molar-refractivity contribution in [2.75, 3.05) is 26.7 Å². The summed E-state index contributed by atoms with van der Waals surface area (Å²) in [4.78, 5) is 0.423. The Kier molecular flexibility index (Phi) is 4.60. The van der Waals surface area contributed by atoms with Crippen molar-refractivity contribution in [2.45, 2.75) is 24.7 Å². The summed E-state index contributed by atoms with van der Waals surface area (Å²) in [7, 11) is -1.67. The zero-order valence-electron chi connectivity index (χ0n) is 11.6. The zero-order chi connectivity index (χ0) is 13.9. The maximum Gasteiger partial charge on any atom is 0.243 e. The second-order valence-corrected chi connectivity index (χ2v) is 7.26. The van der Waals surface area contributed by atoms with Crippen LogP contribution in [0.5, 0.6) is 0 Å². The van der Waals surface area contributed by atoms with E-state index in [1.54, 1.807) is 19.2 Å². The van der Waals surface area contributed by atoms with Crippen molar-refractivity contribution in [3.8, 4) is 0 Å². The van der Waals surface area contributed by atoms with Crippen molar-refractivity contribution >= 4 is 10.0 Å². The molecule has 0 atom stereocenters. The molecule has 1 aliphatic heterocycles. The highest BCUT2D eigenvalue weighted by molar-refractivity contribution is 7.89. The normalized spacial score (nSPS) is 17.8. The van der Waals surface area contributed by atoms with Crippen molar-refractivity contribution in [1.82, 2.24) is 9.62 Å². The minimum absolute atomic E-state index is 0.423. The molecule has 2 rings (SSSR count). The number of hydrogen-bond acceptors (Lipinski definition) is 3. The van der Waals surface area contributed by atoms with E-state index in [-0.39, 0.29) is 0 Å². The van der Waals surface area contributed by atoms with Crippen molar-refractivity contribution < 1.29 is 8.42 Å². The first kappa shape index (κ1) is 14.5. The Bertz CT molecular complexity index is 522. The molecule has 0 bridgehead atoms. The minimum atomic E-state index is -3.36. The first-order chi connectivity index (χ1) is 9.01. The molecule has 1 aromatic carbocycles. The van der Waals surface area contributed by atoms with Crippen LogP contribution in [0.3, 0.4) is 0 Å². The zero-order valence-corrected chi connectivity index (χ0v) is 12.4. The molecule has 1 aromatic rings. The first-order valence-electron chi connectivity index (χ1n) is 6.74. The fourth-order valence-corrected chi connectivity index (χ4v) is 4.01. The van der Waals surface area contributed by atoms with Crippen molar-refractivity contribution in [1.29, 1.82) is 0 Å². The molecule has 1 fully saturated rings. The number of nitrogens with zero attached hydrogens (tertiary/aromatic N) is 1. The smallest absolute Gasteiger partial charge is 0.243 e. The molecule has 0 saturated carbocycles. The SMILES string of the molecule is Cc1ccccc1S(=O)(=O)N(C)CC1CCNCC1. The van der Waals surface area contributed by atoms with Gasteiger partial charge in [0.15, 0.2) is 0 Å².